The van der Waals surface area contributed by atoms with Crippen LogP contribution in [-0.4, -0.2) is 6.18 Å². The molecule has 0 rings (SSSR count). The fraction of sp³-hybridized carbons (Fsp3) is 0.333. The summed E-state index contributed by atoms with van der Waals surface area (Å²) < 4.78 is 36.6. The molecule has 0 aromatic rings. The number of alkyl halides is 3. The predicted molar refractivity (Wildman–Crippen MR) is 43.8 cm³/mol. The summed E-state index contributed by atoms with van der Waals surface area (Å²) in [6, 6.07) is 0. The topological polar surface area (TPSA) is 0 Å². The fourth-order valence-electron chi connectivity index (χ4n) is 0.723. The molecule has 0 amide bonds. The predicted octanol–water partition coefficient (Wildman–Crippen LogP) is 3.63. The smallest absolute Gasteiger partial charge is 0.166 e. The molecule has 0 heterocycles. The van der Waals surface area contributed by atoms with Crippen LogP contribution in [0.15, 0.2) is 36.0 Å². The van der Waals surface area contributed by atoms with Gasteiger partial charge in [0, 0.05) is 0 Å². The Morgan fingerprint density at radius 1 is 1.33 bits per heavy atom. The highest BCUT2D eigenvalue weighted by Crippen LogP contribution is 2.30. The van der Waals surface area contributed by atoms with Crippen molar-refractivity contribution in [1.82, 2.24) is 0 Å². The van der Waals surface area contributed by atoms with Gasteiger partial charge in [0.05, 0.1) is 5.57 Å². The van der Waals surface area contributed by atoms with E-state index in [9.17, 15) is 13.2 Å². The summed E-state index contributed by atoms with van der Waals surface area (Å²) >= 11 is 0. The zero-order valence-electron chi connectivity index (χ0n) is 7.07. The lowest BCUT2D eigenvalue weighted by Crippen LogP contribution is -2.12. The molecule has 3 heteroatoms. The highest BCUT2D eigenvalue weighted by molar-refractivity contribution is 5.35. The third-order valence-electron chi connectivity index (χ3n) is 1.45. The molecule has 0 fully saturated rings. The molecule has 0 saturated heterocycles. The van der Waals surface area contributed by atoms with Crippen molar-refractivity contribution in [3.63, 3.8) is 0 Å². The van der Waals surface area contributed by atoms with Gasteiger partial charge in [0.2, 0.25) is 0 Å². The summed E-state index contributed by atoms with van der Waals surface area (Å²) in [6.07, 6.45) is -0.765. The zero-order valence-corrected chi connectivity index (χ0v) is 7.07. The van der Waals surface area contributed by atoms with Crippen molar-refractivity contribution in [3.8, 4) is 0 Å². The summed E-state index contributed by atoms with van der Waals surface area (Å²) in [6.45, 7) is 6.21. The second-order valence-corrected chi connectivity index (χ2v) is 2.29. The van der Waals surface area contributed by atoms with Crippen molar-refractivity contribution < 1.29 is 13.2 Å². The number of hydrogen-bond acceptors (Lipinski definition) is 0. The third kappa shape index (κ3) is 2.95. The first kappa shape index (κ1) is 11.0. The Morgan fingerprint density at radius 3 is 2.08 bits per heavy atom. The standard InChI is InChI=1S/C9H11F3/c1-4-6-8(7(3)5-2)9(10,11)12/h4-6H,1H2,2-3H3/b7-5-,8-6+. The van der Waals surface area contributed by atoms with E-state index in [4.69, 9.17) is 0 Å². The number of allylic oxidation sites excluding steroid dienone is 5. The molecule has 0 bridgehead atoms. The molecular weight excluding hydrogens is 165 g/mol. The lowest BCUT2D eigenvalue weighted by atomic mass is 10.1. The van der Waals surface area contributed by atoms with Gasteiger partial charge in [-0.2, -0.15) is 13.2 Å². The minimum atomic E-state index is -4.29. The van der Waals surface area contributed by atoms with Gasteiger partial charge in [-0.15, -0.1) is 0 Å². The summed E-state index contributed by atoms with van der Waals surface area (Å²) in [7, 11) is 0. The zero-order chi connectivity index (χ0) is 9.78. The molecule has 0 aliphatic carbocycles. The average Bonchev–Trinajstić information content (AvgIpc) is 1.96. The van der Waals surface area contributed by atoms with Gasteiger partial charge < -0.3 is 0 Å². The van der Waals surface area contributed by atoms with Crippen molar-refractivity contribution in [2.45, 2.75) is 20.0 Å². The van der Waals surface area contributed by atoms with Crippen LogP contribution in [0.1, 0.15) is 13.8 Å². The monoisotopic (exact) mass is 176 g/mol. The van der Waals surface area contributed by atoms with Gasteiger partial charge in [-0.3, -0.25) is 0 Å². The Hall–Kier alpha value is -0.990. The molecule has 0 aliphatic rings. The summed E-state index contributed by atoms with van der Waals surface area (Å²) in [4.78, 5) is 0. The quantitative estimate of drug-likeness (QED) is 0.563. The maximum absolute atomic E-state index is 12.2. The molecule has 68 valence electrons. The molecular formula is C9H11F3. The van der Waals surface area contributed by atoms with Gasteiger partial charge in [-0.05, 0) is 19.4 Å². The van der Waals surface area contributed by atoms with E-state index in [1.807, 2.05) is 0 Å². The van der Waals surface area contributed by atoms with E-state index in [1.54, 1.807) is 6.92 Å². The van der Waals surface area contributed by atoms with Gasteiger partial charge in [0.1, 0.15) is 0 Å². The number of hydrogen-bond donors (Lipinski definition) is 0. The highest BCUT2D eigenvalue weighted by atomic mass is 19.4. The Kier molecular flexibility index (Phi) is 3.80. The second kappa shape index (κ2) is 4.14. The summed E-state index contributed by atoms with van der Waals surface area (Å²) in [5.41, 5.74) is -0.428. The molecule has 0 unspecified atom stereocenters. The van der Waals surface area contributed by atoms with Crippen molar-refractivity contribution in [2.75, 3.05) is 0 Å². The van der Waals surface area contributed by atoms with Crippen molar-refractivity contribution >= 4 is 0 Å². The first-order chi connectivity index (χ1) is 5.43. The molecule has 0 N–H and O–H groups in total. The first-order valence-corrected chi connectivity index (χ1v) is 3.46. The van der Waals surface area contributed by atoms with Crippen molar-refractivity contribution in [2.24, 2.45) is 0 Å². The Bertz CT molecular complexity index is 218. The van der Waals surface area contributed by atoms with E-state index in [1.165, 1.54) is 13.0 Å². The molecule has 0 radical (unpaired) electrons. The van der Waals surface area contributed by atoms with Crippen LogP contribution in [0.2, 0.25) is 0 Å². The summed E-state index contributed by atoms with van der Waals surface area (Å²) in [5.74, 6) is 0. The van der Waals surface area contributed by atoms with Crippen LogP contribution >= 0.6 is 0 Å². The average molecular weight is 176 g/mol. The maximum atomic E-state index is 12.2. The molecule has 0 atom stereocenters. The van der Waals surface area contributed by atoms with Crippen molar-refractivity contribution in [3.05, 3.63) is 36.0 Å². The van der Waals surface area contributed by atoms with E-state index in [0.29, 0.717) is 0 Å². The van der Waals surface area contributed by atoms with Crippen LogP contribution in [0.25, 0.3) is 0 Å². The van der Waals surface area contributed by atoms with Crippen molar-refractivity contribution in [1.29, 1.82) is 0 Å². The molecule has 0 saturated carbocycles. The largest absolute Gasteiger partial charge is 0.416 e. The van der Waals surface area contributed by atoms with E-state index < -0.39 is 11.7 Å². The second-order valence-electron chi connectivity index (χ2n) is 2.29. The molecule has 0 nitrogen and oxygen atoms in total. The van der Waals surface area contributed by atoms with Crippen LogP contribution in [0.4, 0.5) is 13.2 Å². The first-order valence-electron chi connectivity index (χ1n) is 3.46. The highest BCUT2D eigenvalue weighted by Gasteiger charge is 2.33. The number of rotatable bonds is 2. The van der Waals surface area contributed by atoms with Crippen LogP contribution in [-0.2, 0) is 0 Å². The summed E-state index contributed by atoms with van der Waals surface area (Å²) in [5, 5.41) is 0. The van der Waals surface area contributed by atoms with E-state index in [-0.39, 0.29) is 5.57 Å². The van der Waals surface area contributed by atoms with Gasteiger partial charge >= 0.3 is 6.18 Å². The fourth-order valence-corrected chi connectivity index (χ4v) is 0.723. The molecule has 0 aromatic heterocycles. The van der Waals surface area contributed by atoms with E-state index in [0.717, 1.165) is 12.2 Å². The lowest BCUT2D eigenvalue weighted by Gasteiger charge is -2.10. The molecule has 0 aromatic carbocycles. The van der Waals surface area contributed by atoms with Crippen LogP contribution in [0.5, 0.6) is 0 Å². The Labute approximate surface area is 70.1 Å². The minimum absolute atomic E-state index is 0.211. The van der Waals surface area contributed by atoms with Gasteiger partial charge in [0.25, 0.3) is 0 Å². The van der Waals surface area contributed by atoms with Crippen LogP contribution in [0.3, 0.4) is 0 Å². The van der Waals surface area contributed by atoms with Crippen LogP contribution in [0, 0.1) is 0 Å². The molecule has 0 spiro atoms. The number of halogens is 3. The van der Waals surface area contributed by atoms with E-state index >= 15 is 0 Å². The molecule has 0 aliphatic heterocycles. The minimum Gasteiger partial charge on any atom is -0.166 e. The normalized spacial score (nSPS) is 14.8. The van der Waals surface area contributed by atoms with Gasteiger partial charge in [0.15, 0.2) is 0 Å². The maximum Gasteiger partial charge on any atom is 0.416 e. The molecule has 12 heavy (non-hydrogen) atoms. The van der Waals surface area contributed by atoms with Gasteiger partial charge in [-0.25, -0.2) is 0 Å². The van der Waals surface area contributed by atoms with Crippen LogP contribution < -0.4 is 0 Å². The Balaban J connectivity index is 4.95. The third-order valence-corrected chi connectivity index (χ3v) is 1.45. The lowest BCUT2D eigenvalue weighted by molar-refractivity contribution is -0.0893. The van der Waals surface area contributed by atoms with Gasteiger partial charge in [-0.1, -0.05) is 24.8 Å². The SMILES string of the molecule is C=C/C=C(\C(C)=C/C)C(F)(F)F. The van der Waals surface area contributed by atoms with E-state index in [2.05, 4.69) is 6.58 Å². The Morgan fingerprint density at radius 2 is 1.83 bits per heavy atom.